The van der Waals surface area contributed by atoms with Gasteiger partial charge in [-0.25, -0.2) is 0 Å². The van der Waals surface area contributed by atoms with Crippen LogP contribution in [0.25, 0.3) is 16.8 Å². The zero-order valence-electron chi connectivity index (χ0n) is 17.3. The molecular formula is C27H20BrClO3. The summed E-state index contributed by atoms with van der Waals surface area (Å²) in [7, 11) is 1.62. The average molecular weight is 508 g/mol. The predicted octanol–water partition coefficient (Wildman–Crippen LogP) is 7.74. The van der Waals surface area contributed by atoms with Gasteiger partial charge in [-0.1, -0.05) is 60.1 Å². The minimum atomic E-state index is -0.0468. The molecule has 0 amide bonds. The smallest absolute Gasteiger partial charge is 0.185 e. The molecule has 0 radical (unpaired) electrons. The summed E-state index contributed by atoms with van der Waals surface area (Å²) in [4.78, 5) is 12.7. The second-order valence-corrected chi connectivity index (χ2v) is 8.48. The third kappa shape index (κ3) is 5.21. The molecule has 0 unspecified atom stereocenters. The highest BCUT2D eigenvalue weighted by atomic mass is 79.9. The van der Waals surface area contributed by atoms with E-state index < -0.39 is 0 Å². The molecule has 4 aromatic carbocycles. The van der Waals surface area contributed by atoms with Crippen LogP contribution in [0, 0.1) is 0 Å². The Morgan fingerprint density at radius 1 is 0.938 bits per heavy atom. The first-order chi connectivity index (χ1) is 15.5. The summed E-state index contributed by atoms with van der Waals surface area (Å²) in [5.41, 5.74) is 2.41. The number of benzene rings is 4. The summed E-state index contributed by atoms with van der Waals surface area (Å²) in [6, 6.07) is 24.8. The fraction of sp³-hybridized carbons (Fsp3) is 0.0741. The Morgan fingerprint density at radius 2 is 1.72 bits per heavy atom. The molecule has 0 fully saturated rings. The van der Waals surface area contributed by atoms with Crippen molar-refractivity contribution in [1.82, 2.24) is 0 Å². The average Bonchev–Trinajstić information content (AvgIpc) is 2.81. The van der Waals surface area contributed by atoms with Crippen LogP contribution in [0.15, 0.2) is 89.4 Å². The molecule has 0 heterocycles. The Labute approximate surface area is 200 Å². The number of carbonyl (C=O) groups is 1. The lowest BCUT2D eigenvalue weighted by Gasteiger charge is -2.12. The molecule has 0 saturated heterocycles. The van der Waals surface area contributed by atoms with Crippen LogP contribution in [0.2, 0.25) is 5.02 Å². The van der Waals surface area contributed by atoms with Gasteiger partial charge in [0.15, 0.2) is 5.78 Å². The van der Waals surface area contributed by atoms with Crippen LogP contribution in [0.1, 0.15) is 21.5 Å². The van der Waals surface area contributed by atoms with E-state index in [2.05, 4.69) is 15.9 Å². The standard InChI is InChI=1S/C27H20BrClO3/c1-31-26-12-7-18(14-22(26)17-32-27-13-10-23(29)16-24(27)28)6-11-25(30)21-9-8-19-4-2-3-5-20(19)15-21/h2-16H,17H2,1H3/b11-6+. The van der Waals surface area contributed by atoms with Gasteiger partial charge in [-0.3, -0.25) is 4.79 Å². The number of halogens is 2. The van der Waals surface area contributed by atoms with Crippen LogP contribution in [-0.4, -0.2) is 12.9 Å². The summed E-state index contributed by atoms with van der Waals surface area (Å²) in [5, 5.41) is 2.79. The molecule has 0 bridgehead atoms. The molecule has 4 rings (SSSR count). The van der Waals surface area contributed by atoms with Crippen molar-refractivity contribution in [2.24, 2.45) is 0 Å². The Balaban J connectivity index is 1.51. The number of carbonyl (C=O) groups excluding carboxylic acids is 1. The maximum absolute atomic E-state index is 12.7. The highest BCUT2D eigenvalue weighted by Gasteiger charge is 2.08. The van der Waals surface area contributed by atoms with Gasteiger partial charge in [0.05, 0.1) is 11.6 Å². The molecule has 32 heavy (non-hydrogen) atoms. The largest absolute Gasteiger partial charge is 0.496 e. The molecule has 0 aliphatic heterocycles. The van der Waals surface area contributed by atoms with Gasteiger partial charge in [0.2, 0.25) is 0 Å². The lowest BCUT2D eigenvalue weighted by Crippen LogP contribution is -2.00. The molecule has 3 nitrogen and oxygen atoms in total. The molecule has 4 aromatic rings. The fourth-order valence-corrected chi connectivity index (χ4v) is 4.17. The van der Waals surface area contributed by atoms with Gasteiger partial charge in [-0.05, 0) is 74.7 Å². The maximum atomic E-state index is 12.7. The van der Waals surface area contributed by atoms with E-state index in [1.165, 1.54) is 0 Å². The minimum Gasteiger partial charge on any atom is -0.496 e. The van der Waals surface area contributed by atoms with Crippen molar-refractivity contribution in [3.05, 3.63) is 111 Å². The first-order valence-electron chi connectivity index (χ1n) is 9.99. The second-order valence-electron chi connectivity index (χ2n) is 7.19. The molecule has 0 spiro atoms. The van der Waals surface area contributed by atoms with Gasteiger partial charge >= 0.3 is 0 Å². The zero-order chi connectivity index (χ0) is 22.5. The molecule has 0 N–H and O–H groups in total. The number of rotatable bonds is 7. The summed E-state index contributed by atoms with van der Waals surface area (Å²) in [6.07, 6.45) is 3.39. The monoisotopic (exact) mass is 506 g/mol. The Kier molecular flexibility index (Phi) is 6.93. The Hall–Kier alpha value is -3.08. The number of hydrogen-bond acceptors (Lipinski definition) is 3. The third-order valence-corrected chi connectivity index (χ3v) is 5.90. The molecule has 0 aliphatic rings. The molecule has 5 heteroatoms. The number of allylic oxidation sites excluding steroid dienone is 1. The van der Waals surface area contributed by atoms with E-state index in [9.17, 15) is 4.79 Å². The number of fused-ring (bicyclic) bond motifs is 1. The summed E-state index contributed by atoms with van der Waals surface area (Å²) < 4.78 is 12.2. The number of ketones is 1. The van der Waals surface area contributed by atoms with Crippen molar-refractivity contribution in [1.29, 1.82) is 0 Å². The van der Waals surface area contributed by atoms with E-state index in [1.807, 2.05) is 66.7 Å². The van der Waals surface area contributed by atoms with E-state index in [0.29, 0.717) is 28.7 Å². The van der Waals surface area contributed by atoms with Crippen molar-refractivity contribution in [3.63, 3.8) is 0 Å². The molecule has 160 valence electrons. The van der Waals surface area contributed by atoms with E-state index in [-0.39, 0.29) is 5.78 Å². The van der Waals surface area contributed by atoms with Crippen LogP contribution < -0.4 is 9.47 Å². The van der Waals surface area contributed by atoms with Crippen LogP contribution in [0.5, 0.6) is 11.5 Å². The Bertz CT molecular complexity index is 1310. The molecule has 0 aliphatic carbocycles. The van der Waals surface area contributed by atoms with Gasteiger partial charge in [0.1, 0.15) is 18.1 Å². The topological polar surface area (TPSA) is 35.5 Å². The molecule has 0 atom stereocenters. The van der Waals surface area contributed by atoms with Crippen molar-refractivity contribution in [2.75, 3.05) is 7.11 Å². The lowest BCUT2D eigenvalue weighted by atomic mass is 10.0. The fourth-order valence-electron chi connectivity index (χ4n) is 3.37. The zero-order valence-corrected chi connectivity index (χ0v) is 19.7. The first-order valence-corrected chi connectivity index (χ1v) is 11.2. The van der Waals surface area contributed by atoms with Gasteiger partial charge in [0.25, 0.3) is 0 Å². The van der Waals surface area contributed by atoms with Crippen molar-refractivity contribution in [2.45, 2.75) is 6.61 Å². The Morgan fingerprint density at radius 3 is 2.50 bits per heavy atom. The van der Waals surface area contributed by atoms with Gasteiger partial charge in [-0.15, -0.1) is 0 Å². The van der Waals surface area contributed by atoms with E-state index in [4.69, 9.17) is 21.1 Å². The highest BCUT2D eigenvalue weighted by molar-refractivity contribution is 9.10. The summed E-state index contributed by atoms with van der Waals surface area (Å²) >= 11 is 9.45. The molecule has 0 aromatic heterocycles. The molecule has 0 saturated carbocycles. The summed E-state index contributed by atoms with van der Waals surface area (Å²) in [6.45, 7) is 0.309. The number of methoxy groups -OCH3 is 1. The second kappa shape index (κ2) is 10.0. The van der Waals surface area contributed by atoms with Crippen LogP contribution >= 0.6 is 27.5 Å². The number of hydrogen-bond donors (Lipinski definition) is 0. The maximum Gasteiger partial charge on any atom is 0.185 e. The van der Waals surface area contributed by atoms with Crippen molar-refractivity contribution in [3.8, 4) is 11.5 Å². The summed E-state index contributed by atoms with van der Waals surface area (Å²) in [5.74, 6) is 1.35. The first kappa shape index (κ1) is 22.1. The predicted molar refractivity (Wildman–Crippen MR) is 134 cm³/mol. The number of ether oxygens (including phenoxy) is 2. The van der Waals surface area contributed by atoms with Crippen LogP contribution in [0.4, 0.5) is 0 Å². The SMILES string of the molecule is COc1ccc(/C=C/C(=O)c2ccc3ccccc3c2)cc1COc1ccc(Cl)cc1Br. The quantitative estimate of drug-likeness (QED) is 0.190. The van der Waals surface area contributed by atoms with E-state index >= 15 is 0 Å². The third-order valence-electron chi connectivity index (χ3n) is 5.04. The van der Waals surface area contributed by atoms with Crippen molar-refractivity contribution >= 4 is 50.2 Å². The van der Waals surface area contributed by atoms with Gasteiger partial charge in [0, 0.05) is 16.1 Å². The van der Waals surface area contributed by atoms with Crippen LogP contribution in [0.3, 0.4) is 0 Å². The lowest BCUT2D eigenvalue weighted by molar-refractivity contribution is 0.104. The van der Waals surface area contributed by atoms with Crippen LogP contribution in [-0.2, 0) is 6.61 Å². The molecular weight excluding hydrogens is 488 g/mol. The van der Waals surface area contributed by atoms with Gasteiger partial charge in [-0.2, -0.15) is 0 Å². The normalized spacial score (nSPS) is 11.1. The van der Waals surface area contributed by atoms with E-state index in [0.717, 1.165) is 26.4 Å². The minimum absolute atomic E-state index is 0.0468. The van der Waals surface area contributed by atoms with E-state index in [1.54, 1.807) is 31.4 Å². The van der Waals surface area contributed by atoms with Gasteiger partial charge < -0.3 is 9.47 Å². The highest BCUT2D eigenvalue weighted by Crippen LogP contribution is 2.30. The van der Waals surface area contributed by atoms with Crippen molar-refractivity contribution < 1.29 is 14.3 Å².